The summed E-state index contributed by atoms with van der Waals surface area (Å²) >= 11 is 3.33. The van der Waals surface area contributed by atoms with E-state index >= 15 is 0 Å². The number of rotatable bonds is 4. The van der Waals surface area contributed by atoms with E-state index in [9.17, 15) is 9.90 Å². The average Bonchev–Trinajstić information content (AvgIpc) is 2.81. The summed E-state index contributed by atoms with van der Waals surface area (Å²) < 4.78 is 6.55. The largest absolute Gasteiger partial charge is 0.478 e. The second-order valence-corrected chi connectivity index (χ2v) is 5.29. The fourth-order valence-electron chi connectivity index (χ4n) is 2.27. The number of ether oxygens (including phenoxy) is 1. The minimum atomic E-state index is -0.861. The van der Waals surface area contributed by atoms with Gasteiger partial charge in [-0.15, -0.1) is 0 Å². The van der Waals surface area contributed by atoms with Crippen LogP contribution >= 0.6 is 15.9 Å². The molecule has 1 aliphatic carbocycles. The van der Waals surface area contributed by atoms with Crippen molar-refractivity contribution in [2.24, 2.45) is 5.92 Å². The van der Waals surface area contributed by atoms with Gasteiger partial charge in [0, 0.05) is 10.4 Å². The van der Waals surface area contributed by atoms with Gasteiger partial charge in [0.15, 0.2) is 6.10 Å². The average molecular weight is 299 g/mol. The molecule has 0 radical (unpaired) electrons. The molecule has 0 spiro atoms. The first-order valence-corrected chi connectivity index (χ1v) is 6.61. The normalized spacial score (nSPS) is 17.9. The van der Waals surface area contributed by atoms with Gasteiger partial charge < -0.3 is 9.84 Å². The lowest BCUT2D eigenvalue weighted by Crippen LogP contribution is -2.33. The lowest BCUT2D eigenvalue weighted by molar-refractivity contribution is -0.147. The highest BCUT2D eigenvalue weighted by molar-refractivity contribution is 9.10. The smallest absolute Gasteiger partial charge is 0.345 e. The van der Waals surface area contributed by atoms with Crippen molar-refractivity contribution in [1.82, 2.24) is 0 Å². The molecule has 1 aromatic rings. The fourth-order valence-corrected chi connectivity index (χ4v) is 2.53. The molecule has 1 unspecified atom stereocenters. The van der Waals surface area contributed by atoms with Gasteiger partial charge in [-0.3, -0.25) is 0 Å². The number of halogens is 1. The molecule has 0 amide bonds. The van der Waals surface area contributed by atoms with E-state index in [4.69, 9.17) is 4.74 Å². The van der Waals surface area contributed by atoms with Crippen molar-refractivity contribution < 1.29 is 14.6 Å². The molecule has 1 atom stereocenters. The zero-order chi connectivity index (χ0) is 12.3. The van der Waals surface area contributed by atoms with Crippen LogP contribution in [0.4, 0.5) is 0 Å². The van der Waals surface area contributed by atoms with Crippen LogP contribution in [0.1, 0.15) is 25.7 Å². The van der Waals surface area contributed by atoms with Crippen LogP contribution in [0.2, 0.25) is 0 Å². The van der Waals surface area contributed by atoms with Gasteiger partial charge in [0.1, 0.15) is 5.75 Å². The van der Waals surface area contributed by atoms with Gasteiger partial charge in [0.25, 0.3) is 0 Å². The van der Waals surface area contributed by atoms with Crippen molar-refractivity contribution in [3.8, 4) is 5.75 Å². The van der Waals surface area contributed by atoms with E-state index in [1.165, 1.54) is 0 Å². The molecule has 0 aliphatic heterocycles. The van der Waals surface area contributed by atoms with Gasteiger partial charge in [-0.2, -0.15) is 0 Å². The topological polar surface area (TPSA) is 46.5 Å². The summed E-state index contributed by atoms with van der Waals surface area (Å²) in [6, 6.07) is 7.27. The first-order valence-electron chi connectivity index (χ1n) is 5.82. The molecule has 92 valence electrons. The van der Waals surface area contributed by atoms with Gasteiger partial charge in [0.05, 0.1) is 0 Å². The maximum Gasteiger partial charge on any atom is 0.345 e. The fraction of sp³-hybridized carbons (Fsp3) is 0.462. The van der Waals surface area contributed by atoms with Crippen molar-refractivity contribution in [2.75, 3.05) is 0 Å². The minimum absolute atomic E-state index is 0.149. The van der Waals surface area contributed by atoms with E-state index in [0.29, 0.717) is 5.75 Å². The van der Waals surface area contributed by atoms with Gasteiger partial charge in [0.2, 0.25) is 0 Å². The van der Waals surface area contributed by atoms with Crippen LogP contribution < -0.4 is 4.74 Å². The number of hydrogen-bond donors (Lipinski definition) is 1. The Morgan fingerprint density at radius 2 is 1.88 bits per heavy atom. The second kappa shape index (κ2) is 5.54. The highest BCUT2D eigenvalue weighted by Gasteiger charge is 2.32. The van der Waals surface area contributed by atoms with Gasteiger partial charge in [-0.05, 0) is 37.1 Å². The number of carboxylic acids is 1. The molecular formula is C13H15BrO3. The summed E-state index contributed by atoms with van der Waals surface area (Å²) in [6.07, 6.45) is 3.41. The molecule has 2 rings (SSSR count). The van der Waals surface area contributed by atoms with E-state index in [1.54, 1.807) is 12.1 Å². The first kappa shape index (κ1) is 12.4. The molecule has 17 heavy (non-hydrogen) atoms. The molecule has 4 heteroatoms. The van der Waals surface area contributed by atoms with Crippen molar-refractivity contribution in [3.05, 3.63) is 28.7 Å². The standard InChI is InChI=1S/C13H15BrO3/c14-10-5-7-11(8-6-10)17-12(13(15)16)9-3-1-2-4-9/h5-9,12H,1-4H2,(H,15,16). The third-order valence-electron chi connectivity index (χ3n) is 3.15. The lowest BCUT2D eigenvalue weighted by atomic mass is 10.0. The van der Waals surface area contributed by atoms with Gasteiger partial charge in [-0.1, -0.05) is 28.8 Å². The number of carboxylic acid groups (broad SMARTS) is 1. The number of hydrogen-bond acceptors (Lipinski definition) is 2. The van der Waals surface area contributed by atoms with E-state index in [1.807, 2.05) is 12.1 Å². The Labute approximate surface area is 109 Å². The second-order valence-electron chi connectivity index (χ2n) is 4.38. The van der Waals surface area contributed by atoms with Crippen molar-refractivity contribution in [1.29, 1.82) is 0 Å². The molecule has 0 aromatic heterocycles. The van der Waals surface area contributed by atoms with Crippen LogP contribution in [-0.4, -0.2) is 17.2 Å². The van der Waals surface area contributed by atoms with E-state index < -0.39 is 12.1 Å². The Morgan fingerprint density at radius 3 is 2.41 bits per heavy atom. The molecule has 0 heterocycles. The molecular weight excluding hydrogens is 284 g/mol. The quantitative estimate of drug-likeness (QED) is 0.926. The van der Waals surface area contributed by atoms with Crippen molar-refractivity contribution in [3.63, 3.8) is 0 Å². The highest BCUT2D eigenvalue weighted by atomic mass is 79.9. The van der Waals surface area contributed by atoms with E-state index in [2.05, 4.69) is 15.9 Å². The molecule has 1 fully saturated rings. The monoisotopic (exact) mass is 298 g/mol. The summed E-state index contributed by atoms with van der Waals surface area (Å²) in [5.41, 5.74) is 0. The van der Waals surface area contributed by atoms with Crippen molar-refractivity contribution >= 4 is 21.9 Å². The lowest BCUT2D eigenvalue weighted by Gasteiger charge is -2.20. The van der Waals surface area contributed by atoms with Crippen LogP contribution in [0.3, 0.4) is 0 Å². The Bertz CT molecular complexity index is 382. The van der Waals surface area contributed by atoms with E-state index in [-0.39, 0.29) is 5.92 Å². The number of carbonyl (C=O) groups is 1. The first-order chi connectivity index (χ1) is 8.16. The van der Waals surface area contributed by atoms with Crippen LogP contribution in [0.15, 0.2) is 28.7 Å². The van der Waals surface area contributed by atoms with Crippen LogP contribution in [0, 0.1) is 5.92 Å². The Balaban J connectivity index is 2.06. The molecule has 1 aliphatic rings. The van der Waals surface area contributed by atoms with Crippen LogP contribution in [0.25, 0.3) is 0 Å². The number of aliphatic carboxylic acids is 1. The summed E-state index contributed by atoms with van der Waals surface area (Å²) in [5.74, 6) is -0.0940. The zero-order valence-corrected chi connectivity index (χ0v) is 11.0. The Hall–Kier alpha value is -1.03. The van der Waals surface area contributed by atoms with E-state index in [0.717, 1.165) is 30.2 Å². The maximum absolute atomic E-state index is 11.2. The SMILES string of the molecule is O=C(O)C(Oc1ccc(Br)cc1)C1CCCC1. The van der Waals surface area contributed by atoms with Crippen LogP contribution in [0.5, 0.6) is 5.75 Å². The zero-order valence-electron chi connectivity index (χ0n) is 9.43. The molecule has 0 saturated heterocycles. The van der Waals surface area contributed by atoms with Crippen molar-refractivity contribution in [2.45, 2.75) is 31.8 Å². The highest BCUT2D eigenvalue weighted by Crippen LogP contribution is 2.30. The predicted octanol–water partition coefficient (Wildman–Crippen LogP) is 3.47. The summed E-state index contributed by atoms with van der Waals surface area (Å²) in [6.45, 7) is 0. The third kappa shape index (κ3) is 3.22. The van der Waals surface area contributed by atoms with Gasteiger partial charge >= 0.3 is 5.97 Å². The minimum Gasteiger partial charge on any atom is -0.478 e. The van der Waals surface area contributed by atoms with Crippen LogP contribution in [-0.2, 0) is 4.79 Å². The summed E-state index contributed by atoms with van der Waals surface area (Å²) in [7, 11) is 0. The molecule has 1 saturated carbocycles. The predicted molar refractivity (Wildman–Crippen MR) is 68.2 cm³/mol. The number of benzene rings is 1. The molecule has 0 bridgehead atoms. The Kier molecular flexibility index (Phi) is 4.05. The summed E-state index contributed by atoms with van der Waals surface area (Å²) in [4.78, 5) is 11.2. The summed E-state index contributed by atoms with van der Waals surface area (Å²) in [5, 5.41) is 9.22. The molecule has 1 aromatic carbocycles. The molecule has 1 N–H and O–H groups in total. The molecule has 3 nitrogen and oxygen atoms in total. The Morgan fingerprint density at radius 1 is 1.29 bits per heavy atom. The van der Waals surface area contributed by atoms with Gasteiger partial charge in [-0.25, -0.2) is 4.79 Å². The maximum atomic E-state index is 11.2. The third-order valence-corrected chi connectivity index (χ3v) is 3.68.